The molecule has 0 aromatic heterocycles. The first-order chi connectivity index (χ1) is 8.40. The molecule has 0 radical (unpaired) electrons. The topological polar surface area (TPSA) is 64.3 Å². The Balaban J connectivity index is 2.53. The van der Waals surface area contributed by atoms with Crippen molar-refractivity contribution in [2.45, 2.75) is 27.7 Å². The van der Waals surface area contributed by atoms with Gasteiger partial charge in [-0.3, -0.25) is 4.79 Å². The molecule has 0 saturated carbocycles. The summed E-state index contributed by atoms with van der Waals surface area (Å²) < 4.78 is 5.47. The lowest BCUT2D eigenvalue weighted by Crippen LogP contribution is -2.31. The second-order valence-corrected chi connectivity index (χ2v) is 4.96. The number of aryl methyl sites for hydroxylation is 2. The van der Waals surface area contributed by atoms with Gasteiger partial charge in [0.2, 0.25) is 0 Å². The van der Waals surface area contributed by atoms with Crippen molar-refractivity contribution in [1.29, 1.82) is 0 Å². The molecule has 0 unspecified atom stereocenters. The number of anilines is 1. The van der Waals surface area contributed by atoms with E-state index in [1.165, 1.54) is 0 Å². The van der Waals surface area contributed by atoms with Gasteiger partial charge in [0.15, 0.2) is 6.61 Å². The number of benzene rings is 1. The molecule has 1 aromatic carbocycles. The Labute approximate surface area is 109 Å². The van der Waals surface area contributed by atoms with Crippen molar-refractivity contribution in [2.75, 3.05) is 18.9 Å². The third kappa shape index (κ3) is 4.28. The van der Waals surface area contributed by atoms with Gasteiger partial charge < -0.3 is 15.8 Å². The minimum Gasteiger partial charge on any atom is -0.483 e. The first kappa shape index (κ1) is 14.4. The van der Waals surface area contributed by atoms with Gasteiger partial charge in [0, 0.05) is 18.3 Å². The summed E-state index contributed by atoms with van der Waals surface area (Å²) in [6.07, 6.45) is 0. The largest absolute Gasteiger partial charge is 0.483 e. The predicted octanol–water partition coefficient (Wildman–Crippen LogP) is 2.04. The molecule has 18 heavy (non-hydrogen) atoms. The third-order valence-electron chi connectivity index (χ3n) is 2.63. The van der Waals surface area contributed by atoms with E-state index < -0.39 is 0 Å². The van der Waals surface area contributed by atoms with Crippen LogP contribution in [0.3, 0.4) is 0 Å². The second kappa shape index (κ2) is 6.28. The van der Waals surface area contributed by atoms with Crippen LogP contribution in [0.5, 0.6) is 5.75 Å². The standard InChI is InChI=1S/C14H22N2O2/c1-9(2)7-16-14(17)8-18-13-6-12(15)10(3)5-11(13)4/h5-6,9H,7-8,15H2,1-4H3,(H,16,17). The normalized spacial score (nSPS) is 10.5. The van der Waals surface area contributed by atoms with E-state index in [0.29, 0.717) is 23.9 Å². The van der Waals surface area contributed by atoms with Crippen LogP contribution in [0.4, 0.5) is 5.69 Å². The van der Waals surface area contributed by atoms with E-state index in [1.807, 2.05) is 33.8 Å². The summed E-state index contributed by atoms with van der Waals surface area (Å²) in [5.74, 6) is 0.991. The first-order valence-electron chi connectivity index (χ1n) is 6.16. The van der Waals surface area contributed by atoms with Crippen LogP contribution in [0.15, 0.2) is 12.1 Å². The zero-order valence-electron chi connectivity index (χ0n) is 11.5. The lowest BCUT2D eigenvalue weighted by Gasteiger charge is -2.12. The number of hydrogen-bond donors (Lipinski definition) is 2. The average Bonchev–Trinajstić information content (AvgIpc) is 2.29. The van der Waals surface area contributed by atoms with Gasteiger partial charge in [-0.1, -0.05) is 19.9 Å². The zero-order valence-corrected chi connectivity index (χ0v) is 11.5. The summed E-state index contributed by atoms with van der Waals surface area (Å²) in [5, 5.41) is 2.80. The maximum absolute atomic E-state index is 11.5. The van der Waals surface area contributed by atoms with Crippen molar-refractivity contribution >= 4 is 11.6 Å². The molecule has 0 aliphatic carbocycles. The van der Waals surface area contributed by atoms with Crippen LogP contribution in [0, 0.1) is 19.8 Å². The SMILES string of the molecule is Cc1cc(C)c(OCC(=O)NCC(C)C)cc1N. The molecule has 3 N–H and O–H groups in total. The van der Waals surface area contributed by atoms with Gasteiger partial charge in [0.05, 0.1) is 0 Å². The average molecular weight is 250 g/mol. The number of nitrogens with two attached hydrogens (primary N) is 1. The lowest BCUT2D eigenvalue weighted by molar-refractivity contribution is -0.123. The fourth-order valence-electron chi connectivity index (χ4n) is 1.52. The van der Waals surface area contributed by atoms with Gasteiger partial charge in [0.25, 0.3) is 5.91 Å². The molecule has 4 heteroatoms. The fourth-order valence-corrected chi connectivity index (χ4v) is 1.52. The van der Waals surface area contributed by atoms with Crippen molar-refractivity contribution < 1.29 is 9.53 Å². The minimum absolute atomic E-state index is 0.0239. The van der Waals surface area contributed by atoms with Gasteiger partial charge >= 0.3 is 0 Å². The molecular formula is C14H22N2O2. The molecule has 1 amide bonds. The molecule has 100 valence electrons. The van der Waals surface area contributed by atoms with Gasteiger partial charge in [-0.25, -0.2) is 0 Å². The maximum atomic E-state index is 11.5. The quantitative estimate of drug-likeness (QED) is 0.786. The Morgan fingerprint density at radius 3 is 2.61 bits per heavy atom. The van der Waals surface area contributed by atoms with Crippen LogP contribution in [0.25, 0.3) is 0 Å². The van der Waals surface area contributed by atoms with E-state index in [1.54, 1.807) is 6.07 Å². The van der Waals surface area contributed by atoms with Gasteiger partial charge in [-0.2, -0.15) is 0 Å². The van der Waals surface area contributed by atoms with E-state index in [0.717, 1.165) is 11.1 Å². The molecule has 0 heterocycles. The molecule has 0 aliphatic rings. The summed E-state index contributed by atoms with van der Waals surface area (Å²) >= 11 is 0. The minimum atomic E-state index is -0.109. The van der Waals surface area contributed by atoms with Crippen LogP contribution in [-0.4, -0.2) is 19.1 Å². The molecule has 0 fully saturated rings. The molecular weight excluding hydrogens is 228 g/mol. The van der Waals surface area contributed by atoms with E-state index in [-0.39, 0.29) is 12.5 Å². The van der Waals surface area contributed by atoms with Crippen molar-refractivity contribution in [1.82, 2.24) is 5.32 Å². The van der Waals surface area contributed by atoms with E-state index in [9.17, 15) is 4.79 Å². The van der Waals surface area contributed by atoms with Gasteiger partial charge in [-0.15, -0.1) is 0 Å². The summed E-state index contributed by atoms with van der Waals surface area (Å²) in [6.45, 7) is 8.67. The molecule has 1 rings (SSSR count). The predicted molar refractivity (Wildman–Crippen MR) is 73.7 cm³/mol. The number of ether oxygens (including phenoxy) is 1. The van der Waals surface area contributed by atoms with E-state index in [4.69, 9.17) is 10.5 Å². The van der Waals surface area contributed by atoms with Crippen molar-refractivity contribution in [3.63, 3.8) is 0 Å². The lowest BCUT2D eigenvalue weighted by atomic mass is 10.1. The number of nitrogen functional groups attached to an aromatic ring is 1. The number of rotatable bonds is 5. The first-order valence-corrected chi connectivity index (χ1v) is 6.16. The Kier molecular flexibility index (Phi) is 5.01. The van der Waals surface area contributed by atoms with Crippen molar-refractivity contribution in [2.24, 2.45) is 5.92 Å². The summed E-state index contributed by atoms with van der Waals surface area (Å²) in [7, 11) is 0. The zero-order chi connectivity index (χ0) is 13.7. The summed E-state index contributed by atoms with van der Waals surface area (Å²) in [4.78, 5) is 11.5. The molecule has 0 saturated heterocycles. The highest BCUT2D eigenvalue weighted by Crippen LogP contribution is 2.24. The third-order valence-corrected chi connectivity index (χ3v) is 2.63. The van der Waals surface area contributed by atoms with Gasteiger partial charge in [-0.05, 0) is 30.9 Å². The van der Waals surface area contributed by atoms with Crippen LogP contribution in [0.2, 0.25) is 0 Å². The van der Waals surface area contributed by atoms with Crippen LogP contribution in [0.1, 0.15) is 25.0 Å². The Bertz CT molecular complexity index is 428. The van der Waals surface area contributed by atoms with Gasteiger partial charge in [0.1, 0.15) is 5.75 Å². The second-order valence-electron chi connectivity index (χ2n) is 4.96. The summed E-state index contributed by atoms with van der Waals surface area (Å²) in [6, 6.07) is 3.72. The number of hydrogen-bond acceptors (Lipinski definition) is 3. The van der Waals surface area contributed by atoms with E-state index in [2.05, 4.69) is 5.32 Å². The highest BCUT2D eigenvalue weighted by Gasteiger charge is 2.07. The molecule has 1 aromatic rings. The highest BCUT2D eigenvalue weighted by molar-refractivity contribution is 5.77. The van der Waals surface area contributed by atoms with Crippen molar-refractivity contribution in [3.05, 3.63) is 23.3 Å². The molecule has 0 bridgehead atoms. The molecule has 0 aliphatic heterocycles. The van der Waals surface area contributed by atoms with Crippen LogP contribution in [-0.2, 0) is 4.79 Å². The number of carbonyl (C=O) groups excluding carboxylic acids is 1. The highest BCUT2D eigenvalue weighted by atomic mass is 16.5. The smallest absolute Gasteiger partial charge is 0.257 e. The molecule has 0 atom stereocenters. The molecule has 4 nitrogen and oxygen atoms in total. The number of carbonyl (C=O) groups is 1. The Morgan fingerprint density at radius 2 is 2.00 bits per heavy atom. The van der Waals surface area contributed by atoms with Crippen molar-refractivity contribution in [3.8, 4) is 5.75 Å². The number of nitrogens with one attached hydrogen (secondary N) is 1. The Hall–Kier alpha value is -1.71. The fraction of sp³-hybridized carbons (Fsp3) is 0.500. The monoisotopic (exact) mass is 250 g/mol. The Morgan fingerprint density at radius 1 is 1.33 bits per heavy atom. The summed E-state index contributed by atoms with van der Waals surface area (Å²) in [5.41, 5.74) is 8.49. The maximum Gasteiger partial charge on any atom is 0.257 e. The van der Waals surface area contributed by atoms with Crippen LogP contribution >= 0.6 is 0 Å². The molecule has 0 spiro atoms. The van der Waals surface area contributed by atoms with Crippen LogP contribution < -0.4 is 15.8 Å². The van der Waals surface area contributed by atoms with E-state index >= 15 is 0 Å². The number of amides is 1.